The van der Waals surface area contributed by atoms with Crippen LogP contribution < -0.4 is 20.9 Å². The monoisotopic (exact) mass is 500 g/mol. The maximum atomic E-state index is 11.1. The summed E-state index contributed by atoms with van der Waals surface area (Å²) in [5.74, 6) is 1.65. The van der Waals surface area contributed by atoms with E-state index >= 15 is 0 Å². The standard InChI is InChI=1S/C24H28N2O4.C3H8O.CH4O/c25-20-13-15-3-1-6-23(24(15)18(20)8-10-28)30-12-11-29-22-5-2-4-16-17(7-9-27)21(26)14-19(16)22;1-3-4-2;1-2/h1-6,9-10,17-18,20-21H,7-8,11-14,25-26H2;3H2,1-2H3;2H,1H3. The van der Waals surface area contributed by atoms with Crippen LogP contribution in [0, 0.1) is 0 Å². The van der Waals surface area contributed by atoms with Gasteiger partial charge in [-0.2, -0.15) is 0 Å². The number of nitrogens with two attached hydrogens (primary N) is 2. The Labute approximate surface area is 213 Å². The van der Waals surface area contributed by atoms with Crippen molar-refractivity contribution < 1.29 is 28.9 Å². The van der Waals surface area contributed by atoms with Gasteiger partial charge in [-0.15, -0.1) is 0 Å². The van der Waals surface area contributed by atoms with Gasteiger partial charge in [-0.25, -0.2) is 0 Å². The number of aldehydes is 2. The summed E-state index contributed by atoms with van der Waals surface area (Å²) in [6, 6.07) is 11.7. The highest BCUT2D eigenvalue weighted by Crippen LogP contribution is 2.41. The zero-order valence-corrected chi connectivity index (χ0v) is 21.5. The van der Waals surface area contributed by atoms with Crippen molar-refractivity contribution in [3.05, 3.63) is 58.7 Å². The van der Waals surface area contributed by atoms with Crippen molar-refractivity contribution in [1.82, 2.24) is 0 Å². The molecule has 0 aliphatic heterocycles. The molecule has 0 saturated carbocycles. The van der Waals surface area contributed by atoms with E-state index < -0.39 is 0 Å². The molecule has 0 fully saturated rings. The third-order valence-corrected chi connectivity index (χ3v) is 6.61. The number of hydrogen-bond acceptors (Lipinski definition) is 8. The number of fused-ring (bicyclic) bond motifs is 2. The van der Waals surface area contributed by atoms with Crippen LogP contribution in [0.1, 0.15) is 53.9 Å². The predicted octanol–water partition coefficient (Wildman–Crippen LogP) is 2.52. The average Bonchev–Trinajstić information content (AvgIpc) is 3.40. The summed E-state index contributed by atoms with van der Waals surface area (Å²) >= 11 is 0. The molecule has 0 bridgehead atoms. The smallest absolute Gasteiger partial charge is 0.123 e. The molecule has 4 unspecified atom stereocenters. The normalized spacial score (nSPS) is 21.2. The molecule has 2 aromatic carbocycles. The Morgan fingerprint density at radius 1 is 0.889 bits per heavy atom. The van der Waals surface area contributed by atoms with E-state index in [1.54, 1.807) is 7.11 Å². The van der Waals surface area contributed by atoms with Crippen LogP contribution in [-0.2, 0) is 27.2 Å². The lowest BCUT2D eigenvalue weighted by Gasteiger charge is -2.18. The number of carbonyl (C=O) groups excluding carboxylic acids is 2. The van der Waals surface area contributed by atoms with Crippen LogP contribution in [0.25, 0.3) is 0 Å². The molecule has 0 saturated heterocycles. The molecule has 8 heteroatoms. The molecule has 2 aromatic rings. The molecule has 0 radical (unpaired) electrons. The second-order valence-electron chi connectivity index (χ2n) is 8.68. The molecule has 0 heterocycles. The fraction of sp³-hybridized carbons (Fsp3) is 0.500. The first-order valence-electron chi connectivity index (χ1n) is 12.4. The Bertz CT molecular complexity index is 965. The zero-order valence-electron chi connectivity index (χ0n) is 21.5. The number of aliphatic hydroxyl groups is 1. The van der Waals surface area contributed by atoms with Crippen LogP contribution in [0.2, 0.25) is 0 Å². The second-order valence-corrected chi connectivity index (χ2v) is 8.68. The van der Waals surface area contributed by atoms with Gasteiger partial charge >= 0.3 is 0 Å². The molecule has 2 aliphatic rings. The van der Waals surface area contributed by atoms with Crippen LogP contribution in [0.5, 0.6) is 11.5 Å². The SMILES string of the molecule is CCOC.CO.NC1Cc2c(OCCOc3cccc4c3C(CC=O)C(N)C4)cccc2C1CC=O. The fourth-order valence-corrected chi connectivity index (χ4v) is 4.92. The third kappa shape index (κ3) is 7.13. The average molecular weight is 501 g/mol. The Morgan fingerprint density at radius 3 is 2.08 bits per heavy atom. The molecule has 36 heavy (non-hydrogen) atoms. The highest BCUT2D eigenvalue weighted by molar-refractivity contribution is 5.57. The molecule has 0 amide bonds. The zero-order chi connectivity index (χ0) is 26.5. The van der Waals surface area contributed by atoms with E-state index in [9.17, 15) is 9.59 Å². The van der Waals surface area contributed by atoms with Crippen molar-refractivity contribution in [3.63, 3.8) is 0 Å². The molecule has 5 N–H and O–H groups in total. The van der Waals surface area contributed by atoms with Gasteiger partial charge < -0.3 is 40.4 Å². The molecular formula is C28H40N2O6. The van der Waals surface area contributed by atoms with Crippen LogP contribution in [0.15, 0.2) is 36.4 Å². The van der Waals surface area contributed by atoms with Gasteiger partial charge in [0.05, 0.1) is 0 Å². The highest BCUT2D eigenvalue weighted by Gasteiger charge is 2.33. The topological polar surface area (TPSA) is 134 Å². The Hall–Kier alpha value is -2.78. The largest absolute Gasteiger partial charge is 0.490 e. The number of carbonyl (C=O) groups is 2. The number of aliphatic hydroxyl groups excluding tert-OH is 1. The van der Waals surface area contributed by atoms with Crippen LogP contribution in [0.3, 0.4) is 0 Å². The Kier molecular flexibility index (Phi) is 12.6. The highest BCUT2D eigenvalue weighted by atomic mass is 16.5. The molecule has 8 nitrogen and oxygen atoms in total. The first kappa shape index (κ1) is 29.5. The van der Waals surface area contributed by atoms with Crippen molar-refractivity contribution in [3.8, 4) is 11.5 Å². The van der Waals surface area contributed by atoms with Crippen molar-refractivity contribution >= 4 is 12.6 Å². The minimum Gasteiger partial charge on any atom is -0.490 e. The minimum absolute atomic E-state index is 0.00301. The molecular weight excluding hydrogens is 460 g/mol. The van der Waals surface area contributed by atoms with Gasteiger partial charge in [0, 0.05) is 63.2 Å². The van der Waals surface area contributed by atoms with E-state index in [1.165, 1.54) is 0 Å². The first-order valence-corrected chi connectivity index (χ1v) is 12.4. The molecule has 0 spiro atoms. The lowest BCUT2D eigenvalue weighted by molar-refractivity contribution is -0.109. The van der Waals surface area contributed by atoms with Gasteiger partial charge in [-0.3, -0.25) is 0 Å². The van der Waals surface area contributed by atoms with E-state index in [4.69, 9.17) is 26.0 Å². The van der Waals surface area contributed by atoms with Crippen molar-refractivity contribution in [2.45, 2.75) is 56.5 Å². The maximum Gasteiger partial charge on any atom is 0.123 e. The van der Waals surface area contributed by atoms with E-state index in [1.807, 2.05) is 37.3 Å². The predicted molar refractivity (Wildman–Crippen MR) is 140 cm³/mol. The molecule has 4 rings (SSSR count). The van der Waals surface area contributed by atoms with Gasteiger partial charge in [-0.05, 0) is 48.6 Å². The van der Waals surface area contributed by atoms with E-state index in [0.29, 0.717) is 32.5 Å². The van der Waals surface area contributed by atoms with Crippen LogP contribution >= 0.6 is 0 Å². The van der Waals surface area contributed by atoms with Crippen molar-refractivity contribution in [1.29, 1.82) is 0 Å². The van der Waals surface area contributed by atoms with Crippen molar-refractivity contribution in [2.75, 3.05) is 34.0 Å². The molecule has 0 aromatic heterocycles. The lowest BCUT2D eigenvalue weighted by Crippen LogP contribution is -2.25. The summed E-state index contributed by atoms with van der Waals surface area (Å²) in [6.07, 6.45) is 4.18. The molecule has 198 valence electrons. The number of benzene rings is 2. The molecule has 2 aliphatic carbocycles. The summed E-state index contributed by atoms with van der Waals surface area (Å²) < 4.78 is 16.6. The fourth-order valence-electron chi connectivity index (χ4n) is 4.92. The van der Waals surface area contributed by atoms with Gasteiger partial charge in [0.2, 0.25) is 0 Å². The number of methoxy groups -OCH3 is 1. The second kappa shape index (κ2) is 15.4. The van der Waals surface area contributed by atoms with Gasteiger partial charge in [0.25, 0.3) is 0 Å². The number of ether oxygens (including phenoxy) is 3. The number of hydrogen-bond donors (Lipinski definition) is 3. The Morgan fingerprint density at radius 2 is 1.44 bits per heavy atom. The summed E-state index contributed by atoms with van der Waals surface area (Å²) in [4.78, 5) is 22.1. The van der Waals surface area contributed by atoms with E-state index in [2.05, 4.69) is 10.8 Å². The summed E-state index contributed by atoms with van der Waals surface area (Å²) in [5.41, 5.74) is 16.9. The van der Waals surface area contributed by atoms with Gasteiger partial charge in [0.15, 0.2) is 0 Å². The maximum absolute atomic E-state index is 11.1. The number of rotatable bonds is 10. The lowest BCUT2D eigenvalue weighted by atomic mass is 9.95. The van der Waals surface area contributed by atoms with Crippen LogP contribution in [0.4, 0.5) is 0 Å². The summed E-state index contributed by atoms with van der Waals surface area (Å²) in [5, 5.41) is 7.00. The van der Waals surface area contributed by atoms with E-state index in [-0.39, 0.29) is 23.9 Å². The summed E-state index contributed by atoms with van der Waals surface area (Å²) in [7, 11) is 2.68. The van der Waals surface area contributed by atoms with Gasteiger partial charge in [0.1, 0.15) is 37.3 Å². The third-order valence-electron chi connectivity index (χ3n) is 6.61. The van der Waals surface area contributed by atoms with Crippen molar-refractivity contribution in [2.24, 2.45) is 11.5 Å². The summed E-state index contributed by atoms with van der Waals surface area (Å²) in [6.45, 7) is 3.55. The quantitative estimate of drug-likeness (QED) is 0.335. The van der Waals surface area contributed by atoms with E-state index in [0.717, 1.165) is 66.5 Å². The van der Waals surface area contributed by atoms with Crippen LogP contribution in [-0.4, -0.2) is 63.8 Å². The minimum atomic E-state index is -0.0583. The van der Waals surface area contributed by atoms with Gasteiger partial charge in [-0.1, -0.05) is 24.3 Å². The first-order chi connectivity index (χ1) is 17.5. The Balaban J connectivity index is 0.000000694. The molecule has 4 atom stereocenters.